The number of benzene rings is 1. The standard InChI is InChI=1S/C23H36N6O2.HI/c1-3-24-23(26-18-21(30)25-17-20-9-5-4-6-10-20)29-15-13-27(14-16-29)19(2)22(31)28-11-7-8-12-28;/h4-6,9-10,19H,3,7-8,11-18H2,1-2H3,(H,24,26)(H,25,30);1H. The van der Waals surface area contributed by atoms with E-state index in [1.165, 1.54) is 0 Å². The molecular formula is C23H37IN6O2. The molecular weight excluding hydrogens is 519 g/mol. The minimum absolute atomic E-state index is 0. The Kier molecular flexibility index (Phi) is 11.2. The highest BCUT2D eigenvalue weighted by molar-refractivity contribution is 14.0. The van der Waals surface area contributed by atoms with E-state index < -0.39 is 0 Å². The van der Waals surface area contributed by atoms with Gasteiger partial charge in [0, 0.05) is 52.4 Å². The maximum absolute atomic E-state index is 12.7. The van der Waals surface area contributed by atoms with E-state index in [1.54, 1.807) is 0 Å². The van der Waals surface area contributed by atoms with Crippen molar-refractivity contribution in [3.05, 3.63) is 35.9 Å². The summed E-state index contributed by atoms with van der Waals surface area (Å²) in [4.78, 5) is 35.9. The van der Waals surface area contributed by atoms with Crippen LogP contribution < -0.4 is 10.6 Å². The normalized spacial score (nSPS) is 18.1. The molecule has 0 aliphatic carbocycles. The van der Waals surface area contributed by atoms with E-state index in [0.29, 0.717) is 6.54 Å². The number of carbonyl (C=O) groups is 2. The molecule has 0 aromatic heterocycles. The van der Waals surface area contributed by atoms with Crippen LogP contribution in [0, 0.1) is 0 Å². The van der Waals surface area contributed by atoms with Crippen LogP contribution in [0.2, 0.25) is 0 Å². The molecule has 2 N–H and O–H groups in total. The predicted molar refractivity (Wildman–Crippen MR) is 138 cm³/mol. The number of nitrogens with one attached hydrogen (secondary N) is 2. The first-order chi connectivity index (χ1) is 15.1. The van der Waals surface area contributed by atoms with Gasteiger partial charge >= 0.3 is 0 Å². The molecule has 0 saturated carbocycles. The lowest BCUT2D eigenvalue weighted by molar-refractivity contribution is -0.135. The van der Waals surface area contributed by atoms with Gasteiger partial charge in [-0.05, 0) is 32.3 Å². The zero-order chi connectivity index (χ0) is 22.1. The lowest BCUT2D eigenvalue weighted by Gasteiger charge is -2.39. The molecule has 0 radical (unpaired) electrons. The third-order valence-electron chi connectivity index (χ3n) is 5.98. The van der Waals surface area contributed by atoms with Crippen LogP contribution in [0.1, 0.15) is 32.3 Å². The highest BCUT2D eigenvalue weighted by atomic mass is 127. The number of nitrogens with zero attached hydrogens (tertiary/aromatic N) is 4. The fraction of sp³-hybridized carbons (Fsp3) is 0.609. The van der Waals surface area contributed by atoms with E-state index in [2.05, 4.69) is 25.4 Å². The van der Waals surface area contributed by atoms with Gasteiger partial charge < -0.3 is 20.4 Å². The molecule has 9 heteroatoms. The van der Waals surface area contributed by atoms with Crippen LogP contribution >= 0.6 is 24.0 Å². The number of halogens is 1. The minimum Gasteiger partial charge on any atom is -0.357 e. The molecule has 0 spiro atoms. The zero-order valence-corrected chi connectivity index (χ0v) is 21.6. The van der Waals surface area contributed by atoms with Crippen molar-refractivity contribution in [3.63, 3.8) is 0 Å². The van der Waals surface area contributed by atoms with Crippen LogP contribution in [-0.4, -0.2) is 90.9 Å². The van der Waals surface area contributed by atoms with Crippen LogP contribution in [-0.2, 0) is 16.1 Å². The smallest absolute Gasteiger partial charge is 0.242 e. The molecule has 1 atom stereocenters. The molecule has 2 amide bonds. The molecule has 2 aliphatic rings. The van der Waals surface area contributed by atoms with Gasteiger partial charge in [0.05, 0.1) is 6.04 Å². The number of hydrogen-bond donors (Lipinski definition) is 2. The van der Waals surface area contributed by atoms with Gasteiger partial charge in [-0.3, -0.25) is 14.5 Å². The average Bonchev–Trinajstić information content (AvgIpc) is 3.35. The molecule has 2 heterocycles. The van der Waals surface area contributed by atoms with Crippen LogP contribution in [0.25, 0.3) is 0 Å². The Labute approximate surface area is 208 Å². The molecule has 1 unspecified atom stereocenters. The fourth-order valence-corrected chi connectivity index (χ4v) is 4.10. The monoisotopic (exact) mass is 556 g/mol. The first kappa shape index (κ1) is 26.4. The van der Waals surface area contributed by atoms with Crippen molar-refractivity contribution >= 4 is 41.8 Å². The molecule has 1 aromatic rings. The Balaban J connectivity index is 0.00000363. The number of guanidine groups is 1. The third kappa shape index (κ3) is 7.61. The summed E-state index contributed by atoms with van der Waals surface area (Å²) in [7, 11) is 0. The molecule has 8 nitrogen and oxygen atoms in total. The number of carbonyl (C=O) groups excluding carboxylic acids is 2. The molecule has 1 aromatic carbocycles. The van der Waals surface area contributed by atoms with Crippen LogP contribution in [0.3, 0.4) is 0 Å². The summed E-state index contributed by atoms with van der Waals surface area (Å²) in [5.41, 5.74) is 1.07. The van der Waals surface area contributed by atoms with Crippen molar-refractivity contribution < 1.29 is 9.59 Å². The first-order valence-corrected chi connectivity index (χ1v) is 11.4. The molecule has 2 aliphatic heterocycles. The van der Waals surface area contributed by atoms with Gasteiger partial charge in [-0.25, -0.2) is 4.99 Å². The van der Waals surface area contributed by atoms with Crippen molar-refractivity contribution in [2.24, 2.45) is 4.99 Å². The van der Waals surface area contributed by atoms with Crippen LogP contribution in [0.4, 0.5) is 0 Å². The van der Waals surface area contributed by atoms with Gasteiger partial charge in [0.15, 0.2) is 5.96 Å². The fourth-order valence-electron chi connectivity index (χ4n) is 4.10. The number of amides is 2. The van der Waals surface area contributed by atoms with Gasteiger partial charge in [0.25, 0.3) is 0 Å². The van der Waals surface area contributed by atoms with Gasteiger partial charge in [0.2, 0.25) is 11.8 Å². The molecule has 2 fully saturated rings. The average molecular weight is 556 g/mol. The van der Waals surface area contributed by atoms with Gasteiger partial charge in [-0.2, -0.15) is 0 Å². The summed E-state index contributed by atoms with van der Waals surface area (Å²) >= 11 is 0. The largest absolute Gasteiger partial charge is 0.357 e. The minimum atomic E-state index is -0.0947. The van der Waals surface area contributed by atoms with E-state index in [-0.39, 0.29) is 48.4 Å². The highest BCUT2D eigenvalue weighted by Gasteiger charge is 2.30. The molecule has 3 rings (SSSR count). The van der Waals surface area contributed by atoms with E-state index in [1.807, 2.05) is 49.1 Å². The van der Waals surface area contributed by atoms with Crippen molar-refractivity contribution in [1.29, 1.82) is 0 Å². The SMILES string of the molecule is CCNC(=NCC(=O)NCc1ccccc1)N1CCN(C(C)C(=O)N2CCCC2)CC1.I. The van der Waals surface area contributed by atoms with Crippen molar-refractivity contribution in [1.82, 2.24) is 25.3 Å². The summed E-state index contributed by atoms with van der Waals surface area (Å²) in [6.07, 6.45) is 2.24. The summed E-state index contributed by atoms with van der Waals surface area (Å²) < 4.78 is 0. The Morgan fingerprint density at radius 2 is 1.62 bits per heavy atom. The first-order valence-electron chi connectivity index (χ1n) is 11.4. The number of aliphatic imine (C=N–C) groups is 1. The van der Waals surface area contributed by atoms with E-state index in [9.17, 15) is 9.59 Å². The van der Waals surface area contributed by atoms with E-state index >= 15 is 0 Å². The Hall–Kier alpha value is -1.88. The highest BCUT2D eigenvalue weighted by Crippen LogP contribution is 2.14. The maximum atomic E-state index is 12.7. The van der Waals surface area contributed by atoms with Crippen LogP contribution in [0.15, 0.2) is 35.3 Å². The van der Waals surface area contributed by atoms with Gasteiger partial charge in [-0.1, -0.05) is 30.3 Å². The summed E-state index contributed by atoms with van der Waals surface area (Å²) in [5, 5.41) is 6.21. The second-order valence-corrected chi connectivity index (χ2v) is 8.16. The zero-order valence-electron chi connectivity index (χ0n) is 19.3. The molecule has 32 heavy (non-hydrogen) atoms. The maximum Gasteiger partial charge on any atom is 0.242 e. The van der Waals surface area contributed by atoms with Crippen LogP contribution in [0.5, 0.6) is 0 Å². The summed E-state index contributed by atoms with van der Waals surface area (Å²) in [6, 6.07) is 9.78. The van der Waals surface area contributed by atoms with Crippen molar-refractivity contribution in [2.75, 3.05) is 52.4 Å². The summed E-state index contributed by atoms with van der Waals surface area (Å²) in [5.74, 6) is 0.917. The van der Waals surface area contributed by atoms with E-state index in [0.717, 1.165) is 70.2 Å². The number of rotatable bonds is 7. The Morgan fingerprint density at radius 3 is 2.25 bits per heavy atom. The second-order valence-electron chi connectivity index (χ2n) is 8.16. The number of hydrogen-bond acceptors (Lipinski definition) is 4. The van der Waals surface area contributed by atoms with Crippen molar-refractivity contribution in [3.8, 4) is 0 Å². The van der Waals surface area contributed by atoms with Crippen molar-refractivity contribution in [2.45, 2.75) is 39.3 Å². The quantitative estimate of drug-likeness (QED) is 0.303. The Bertz CT molecular complexity index is 746. The topological polar surface area (TPSA) is 80.3 Å². The lowest BCUT2D eigenvalue weighted by Crippen LogP contribution is -2.57. The molecule has 0 bridgehead atoms. The van der Waals surface area contributed by atoms with E-state index in [4.69, 9.17) is 0 Å². The molecule has 2 saturated heterocycles. The van der Waals surface area contributed by atoms with Gasteiger partial charge in [-0.15, -0.1) is 24.0 Å². The summed E-state index contributed by atoms with van der Waals surface area (Å²) in [6.45, 7) is 10.4. The third-order valence-corrected chi connectivity index (χ3v) is 5.98. The van der Waals surface area contributed by atoms with Gasteiger partial charge in [0.1, 0.15) is 6.54 Å². The second kappa shape index (κ2) is 13.6. The lowest BCUT2D eigenvalue weighted by atomic mass is 10.2. The molecule has 178 valence electrons. The predicted octanol–water partition coefficient (Wildman–Crippen LogP) is 1.51. The number of piperazine rings is 1. The Morgan fingerprint density at radius 1 is 0.969 bits per heavy atom. The number of likely N-dealkylation sites (tertiary alicyclic amines) is 1.